The molecule has 110 valence electrons. The monoisotopic (exact) mass is 340 g/mol. The lowest BCUT2D eigenvalue weighted by Gasteiger charge is -2.30. The number of ether oxygens (including phenoxy) is 1. The first-order valence-corrected chi connectivity index (χ1v) is 7.58. The maximum absolute atomic E-state index is 12.3. The van der Waals surface area contributed by atoms with Crippen molar-refractivity contribution in [3.63, 3.8) is 0 Å². The predicted octanol–water partition coefficient (Wildman–Crippen LogP) is 3.46. The molecule has 0 radical (unpaired) electrons. The van der Waals surface area contributed by atoms with Crippen LogP contribution in [-0.4, -0.2) is 29.2 Å². The predicted molar refractivity (Wildman–Crippen MR) is 82.4 cm³/mol. The summed E-state index contributed by atoms with van der Waals surface area (Å²) < 4.78 is 6.46. The molecule has 0 spiro atoms. The van der Waals surface area contributed by atoms with Gasteiger partial charge in [0.1, 0.15) is 5.60 Å². The molecule has 0 unspecified atom stereocenters. The quantitative estimate of drug-likeness (QED) is 0.851. The van der Waals surface area contributed by atoms with Gasteiger partial charge in [0, 0.05) is 17.1 Å². The summed E-state index contributed by atoms with van der Waals surface area (Å²) in [6, 6.07) is 7.74. The summed E-state index contributed by atoms with van der Waals surface area (Å²) >= 11 is 3.46. The molecule has 1 heterocycles. The van der Waals surface area contributed by atoms with Gasteiger partial charge in [-0.15, -0.1) is 0 Å². The van der Waals surface area contributed by atoms with E-state index >= 15 is 0 Å². The van der Waals surface area contributed by atoms with Crippen LogP contribution >= 0.6 is 15.9 Å². The summed E-state index contributed by atoms with van der Waals surface area (Å²) in [6.07, 6.45) is 0.492. The standard InChI is InChI=1S/C15H21BrN2O2/c1-15(2,3)20-14(19)18-8-7-12(17)13(18)10-5-4-6-11(16)9-10/h4-6,9,12-13H,7-8,17H2,1-3H3/t12-,13-/m1/s1. The van der Waals surface area contributed by atoms with Crippen molar-refractivity contribution in [2.45, 2.75) is 44.9 Å². The fraction of sp³-hybridized carbons (Fsp3) is 0.533. The highest BCUT2D eigenvalue weighted by Gasteiger charge is 2.38. The summed E-state index contributed by atoms with van der Waals surface area (Å²) in [5.41, 5.74) is 6.73. The molecule has 1 aliphatic heterocycles. The second-order valence-corrected chi connectivity index (χ2v) is 7.04. The molecule has 1 fully saturated rings. The van der Waals surface area contributed by atoms with Gasteiger partial charge in [0.2, 0.25) is 0 Å². The van der Waals surface area contributed by atoms with Crippen molar-refractivity contribution < 1.29 is 9.53 Å². The Hall–Kier alpha value is -1.07. The second-order valence-electron chi connectivity index (χ2n) is 6.13. The van der Waals surface area contributed by atoms with E-state index in [0.717, 1.165) is 16.5 Å². The average Bonchev–Trinajstić information content (AvgIpc) is 2.69. The summed E-state index contributed by atoms with van der Waals surface area (Å²) in [6.45, 7) is 6.24. The number of nitrogens with zero attached hydrogens (tertiary/aromatic N) is 1. The lowest BCUT2D eigenvalue weighted by molar-refractivity contribution is 0.0218. The summed E-state index contributed by atoms with van der Waals surface area (Å²) in [7, 11) is 0. The first-order chi connectivity index (χ1) is 9.28. The largest absolute Gasteiger partial charge is 0.444 e. The van der Waals surface area contributed by atoms with Crippen LogP contribution in [0, 0.1) is 0 Å². The van der Waals surface area contributed by atoms with E-state index in [2.05, 4.69) is 15.9 Å². The minimum Gasteiger partial charge on any atom is -0.444 e. The molecule has 20 heavy (non-hydrogen) atoms. The lowest BCUT2D eigenvalue weighted by atomic mass is 10.0. The molecule has 0 aliphatic carbocycles. The van der Waals surface area contributed by atoms with Gasteiger partial charge in [-0.2, -0.15) is 0 Å². The van der Waals surface area contributed by atoms with E-state index < -0.39 is 5.60 Å². The van der Waals surface area contributed by atoms with E-state index in [-0.39, 0.29) is 18.2 Å². The zero-order valence-corrected chi connectivity index (χ0v) is 13.7. The number of carbonyl (C=O) groups is 1. The van der Waals surface area contributed by atoms with Crippen molar-refractivity contribution in [1.29, 1.82) is 0 Å². The Balaban J connectivity index is 2.23. The van der Waals surface area contributed by atoms with E-state index in [0.29, 0.717) is 6.54 Å². The number of likely N-dealkylation sites (tertiary alicyclic amines) is 1. The van der Waals surface area contributed by atoms with Crippen LogP contribution in [-0.2, 0) is 4.74 Å². The summed E-state index contributed by atoms with van der Waals surface area (Å²) in [5.74, 6) is 0. The second kappa shape index (κ2) is 5.74. The zero-order valence-electron chi connectivity index (χ0n) is 12.1. The summed E-state index contributed by atoms with van der Waals surface area (Å²) in [5, 5.41) is 0. The highest BCUT2D eigenvalue weighted by atomic mass is 79.9. The number of hydrogen-bond acceptors (Lipinski definition) is 3. The van der Waals surface area contributed by atoms with Gasteiger partial charge in [0.05, 0.1) is 6.04 Å². The topological polar surface area (TPSA) is 55.6 Å². The number of nitrogens with two attached hydrogens (primary N) is 1. The van der Waals surface area contributed by atoms with Gasteiger partial charge in [-0.1, -0.05) is 28.1 Å². The molecule has 0 bridgehead atoms. The molecule has 0 aromatic heterocycles. The van der Waals surface area contributed by atoms with Crippen molar-refractivity contribution in [3.8, 4) is 0 Å². The molecule has 0 saturated carbocycles. The molecule has 2 N–H and O–H groups in total. The van der Waals surface area contributed by atoms with Crippen molar-refractivity contribution in [2.75, 3.05) is 6.54 Å². The van der Waals surface area contributed by atoms with Crippen molar-refractivity contribution in [1.82, 2.24) is 4.90 Å². The van der Waals surface area contributed by atoms with Gasteiger partial charge in [0.15, 0.2) is 0 Å². The van der Waals surface area contributed by atoms with Crippen LogP contribution < -0.4 is 5.73 Å². The van der Waals surface area contributed by atoms with Crippen LogP contribution in [0.5, 0.6) is 0 Å². The third-order valence-corrected chi connectivity index (χ3v) is 3.76. The third-order valence-electron chi connectivity index (χ3n) is 3.26. The van der Waals surface area contributed by atoms with Crippen molar-refractivity contribution in [3.05, 3.63) is 34.3 Å². The van der Waals surface area contributed by atoms with Crippen LogP contribution in [0.15, 0.2) is 28.7 Å². The minimum atomic E-state index is -0.494. The zero-order chi connectivity index (χ0) is 14.9. The maximum Gasteiger partial charge on any atom is 0.410 e. The van der Waals surface area contributed by atoms with Gasteiger partial charge < -0.3 is 10.5 Å². The molecule has 5 heteroatoms. The third kappa shape index (κ3) is 3.52. The van der Waals surface area contributed by atoms with Crippen LogP contribution in [0.2, 0.25) is 0 Å². The smallest absolute Gasteiger partial charge is 0.410 e. The van der Waals surface area contributed by atoms with Gasteiger partial charge in [0.25, 0.3) is 0 Å². The van der Waals surface area contributed by atoms with Gasteiger partial charge in [-0.3, -0.25) is 4.90 Å². The molecule has 1 aromatic rings. The SMILES string of the molecule is CC(C)(C)OC(=O)N1CC[C@@H](N)[C@H]1c1cccc(Br)c1. The number of rotatable bonds is 1. The molecule has 1 saturated heterocycles. The van der Waals surface area contributed by atoms with E-state index in [1.165, 1.54) is 0 Å². The molecular weight excluding hydrogens is 320 g/mol. The fourth-order valence-corrected chi connectivity index (χ4v) is 2.88. The molecule has 1 amide bonds. The highest BCUT2D eigenvalue weighted by molar-refractivity contribution is 9.10. The first kappa shape index (κ1) is 15.3. The number of hydrogen-bond donors (Lipinski definition) is 1. The van der Waals surface area contributed by atoms with Crippen molar-refractivity contribution in [2.24, 2.45) is 5.73 Å². The fourth-order valence-electron chi connectivity index (χ4n) is 2.46. The Morgan fingerprint density at radius 3 is 2.75 bits per heavy atom. The molecule has 2 rings (SSSR count). The van der Waals surface area contributed by atoms with E-state index in [1.54, 1.807) is 4.90 Å². The normalized spacial score (nSPS) is 22.9. The Bertz CT molecular complexity index is 499. The maximum atomic E-state index is 12.3. The Labute approximate surface area is 128 Å². The number of amides is 1. The van der Waals surface area contributed by atoms with E-state index in [9.17, 15) is 4.79 Å². The molecular formula is C15H21BrN2O2. The van der Waals surface area contributed by atoms with E-state index in [1.807, 2.05) is 45.0 Å². The van der Waals surface area contributed by atoms with Crippen LogP contribution in [0.25, 0.3) is 0 Å². The van der Waals surface area contributed by atoms with Gasteiger partial charge in [-0.05, 0) is 44.9 Å². The van der Waals surface area contributed by atoms with Gasteiger partial charge >= 0.3 is 6.09 Å². The first-order valence-electron chi connectivity index (χ1n) is 6.78. The molecule has 4 nitrogen and oxygen atoms in total. The Morgan fingerprint density at radius 2 is 2.15 bits per heavy atom. The number of benzene rings is 1. The van der Waals surface area contributed by atoms with Crippen LogP contribution in [0.3, 0.4) is 0 Å². The lowest BCUT2D eigenvalue weighted by Crippen LogP contribution is -2.39. The van der Waals surface area contributed by atoms with Crippen LogP contribution in [0.1, 0.15) is 38.8 Å². The number of carbonyl (C=O) groups excluding carboxylic acids is 1. The molecule has 1 aliphatic rings. The van der Waals surface area contributed by atoms with E-state index in [4.69, 9.17) is 10.5 Å². The Morgan fingerprint density at radius 1 is 1.45 bits per heavy atom. The average molecular weight is 341 g/mol. The minimum absolute atomic E-state index is 0.0585. The van der Waals surface area contributed by atoms with Crippen molar-refractivity contribution >= 4 is 22.0 Å². The van der Waals surface area contributed by atoms with Gasteiger partial charge in [-0.25, -0.2) is 4.79 Å². The highest BCUT2D eigenvalue weighted by Crippen LogP contribution is 2.33. The summed E-state index contributed by atoms with van der Waals surface area (Å²) in [4.78, 5) is 14.0. The van der Waals surface area contributed by atoms with Crippen LogP contribution in [0.4, 0.5) is 4.79 Å². The number of halogens is 1. The molecule has 1 aromatic carbocycles. The Kier molecular flexibility index (Phi) is 4.39. The molecule has 2 atom stereocenters.